The molecule has 1 aromatic rings. The first-order valence-corrected chi connectivity index (χ1v) is 8.98. The van der Waals surface area contributed by atoms with Gasteiger partial charge in [0.15, 0.2) is 0 Å². The number of thioether (sulfide) groups is 1. The fraction of sp³-hybridized carbons (Fsp3) is 0.625. The molecule has 4 nitrogen and oxygen atoms in total. The van der Waals surface area contributed by atoms with Gasteiger partial charge in [0.2, 0.25) is 5.91 Å². The van der Waals surface area contributed by atoms with Gasteiger partial charge in [-0.15, -0.1) is 0 Å². The van der Waals surface area contributed by atoms with E-state index in [1.54, 1.807) is 11.8 Å². The van der Waals surface area contributed by atoms with Gasteiger partial charge >= 0.3 is 0 Å². The number of hydrogen-bond donors (Lipinski definition) is 1. The largest absolute Gasteiger partial charge is 0.341 e. The van der Waals surface area contributed by atoms with Gasteiger partial charge in [-0.25, -0.2) is 0 Å². The highest BCUT2D eigenvalue weighted by Gasteiger charge is 2.30. The second-order valence-electron chi connectivity index (χ2n) is 5.89. The Balaban J connectivity index is 1.38. The van der Waals surface area contributed by atoms with E-state index in [1.165, 1.54) is 12.8 Å². The number of carbonyl (C=O) groups is 1. The van der Waals surface area contributed by atoms with Crippen molar-refractivity contribution in [3.8, 4) is 0 Å². The van der Waals surface area contributed by atoms with Gasteiger partial charge < -0.3 is 10.2 Å². The molecule has 2 fully saturated rings. The third-order valence-corrected chi connectivity index (χ3v) is 5.30. The monoisotopic (exact) mass is 305 g/mol. The lowest BCUT2D eigenvalue weighted by atomic mass is 10.1. The Labute approximate surface area is 130 Å². The lowest BCUT2D eigenvalue weighted by molar-refractivity contribution is -0.130. The van der Waals surface area contributed by atoms with E-state index in [4.69, 9.17) is 0 Å². The lowest BCUT2D eigenvalue weighted by Crippen LogP contribution is -2.39. The molecule has 1 N–H and O–H groups in total. The molecule has 0 aliphatic carbocycles. The standard InChI is InChI=1S/C16H23N3OS/c20-16(7-10-21-12-15-3-1-2-8-17-15)19-9-6-13-4-5-14(11-19)18-13/h1-3,8,13-14,18H,4-7,9-12H2. The van der Waals surface area contributed by atoms with E-state index >= 15 is 0 Å². The van der Waals surface area contributed by atoms with Gasteiger partial charge in [0.05, 0.1) is 5.69 Å². The summed E-state index contributed by atoms with van der Waals surface area (Å²) >= 11 is 1.79. The van der Waals surface area contributed by atoms with Gasteiger partial charge in [0.1, 0.15) is 0 Å². The zero-order valence-corrected chi connectivity index (χ0v) is 13.1. The maximum atomic E-state index is 12.3. The van der Waals surface area contributed by atoms with Crippen LogP contribution in [0.1, 0.15) is 31.4 Å². The fourth-order valence-electron chi connectivity index (χ4n) is 3.15. The molecule has 0 spiro atoms. The quantitative estimate of drug-likeness (QED) is 0.846. The van der Waals surface area contributed by atoms with Crippen molar-refractivity contribution in [2.45, 2.75) is 43.5 Å². The van der Waals surface area contributed by atoms with Crippen LogP contribution in [0.2, 0.25) is 0 Å². The molecule has 0 radical (unpaired) electrons. The molecule has 2 aliphatic heterocycles. The minimum Gasteiger partial charge on any atom is -0.341 e. The van der Waals surface area contributed by atoms with Crippen molar-refractivity contribution >= 4 is 17.7 Å². The summed E-state index contributed by atoms with van der Waals surface area (Å²) in [6.07, 6.45) is 6.09. The number of rotatable bonds is 5. The van der Waals surface area contributed by atoms with E-state index in [-0.39, 0.29) is 0 Å². The van der Waals surface area contributed by atoms with E-state index in [2.05, 4.69) is 15.2 Å². The number of nitrogens with one attached hydrogen (secondary N) is 1. The second-order valence-corrected chi connectivity index (χ2v) is 7.00. The van der Waals surface area contributed by atoms with Crippen LogP contribution in [-0.2, 0) is 10.5 Å². The van der Waals surface area contributed by atoms with Crippen LogP contribution in [0.3, 0.4) is 0 Å². The summed E-state index contributed by atoms with van der Waals surface area (Å²) in [5.74, 6) is 2.09. The fourth-order valence-corrected chi connectivity index (χ4v) is 3.99. The maximum Gasteiger partial charge on any atom is 0.223 e. The Hall–Kier alpha value is -1.07. The highest BCUT2D eigenvalue weighted by Crippen LogP contribution is 2.21. The SMILES string of the molecule is O=C(CCSCc1ccccn1)N1CCC2CCC(C1)N2. The van der Waals surface area contributed by atoms with Crippen LogP contribution in [0.25, 0.3) is 0 Å². The third-order valence-electron chi connectivity index (χ3n) is 4.31. The normalized spacial score (nSPS) is 24.9. The van der Waals surface area contributed by atoms with Crippen LogP contribution in [-0.4, -0.2) is 46.7 Å². The molecular weight excluding hydrogens is 282 g/mol. The molecule has 2 bridgehead atoms. The summed E-state index contributed by atoms with van der Waals surface area (Å²) in [5, 5.41) is 3.62. The number of amides is 1. The van der Waals surface area contributed by atoms with E-state index in [0.717, 1.165) is 36.7 Å². The van der Waals surface area contributed by atoms with Crippen LogP contribution in [0.4, 0.5) is 0 Å². The average molecular weight is 305 g/mol. The molecule has 21 heavy (non-hydrogen) atoms. The van der Waals surface area contributed by atoms with Crippen LogP contribution in [0, 0.1) is 0 Å². The molecule has 2 saturated heterocycles. The highest BCUT2D eigenvalue weighted by atomic mass is 32.2. The minimum absolute atomic E-state index is 0.317. The molecule has 2 atom stereocenters. The topological polar surface area (TPSA) is 45.2 Å². The molecule has 1 aromatic heterocycles. The second kappa shape index (κ2) is 7.27. The van der Waals surface area contributed by atoms with E-state index in [0.29, 0.717) is 24.4 Å². The summed E-state index contributed by atoms with van der Waals surface area (Å²) in [6.45, 7) is 1.83. The highest BCUT2D eigenvalue weighted by molar-refractivity contribution is 7.98. The number of nitrogens with zero attached hydrogens (tertiary/aromatic N) is 2. The number of carbonyl (C=O) groups excluding carboxylic acids is 1. The van der Waals surface area contributed by atoms with Gasteiger partial charge in [-0.05, 0) is 31.4 Å². The van der Waals surface area contributed by atoms with Gasteiger partial charge in [-0.2, -0.15) is 11.8 Å². The van der Waals surface area contributed by atoms with E-state index in [1.807, 2.05) is 24.4 Å². The van der Waals surface area contributed by atoms with Crippen molar-refractivity contribution in [2.24, 2.45) is 0 Å². The zero-order chi connectivity index (χ0) is 14.5. The Morgan fingerprint density at radius 2 is 2.24 bits per heavy atom. The smallest absolute Gasteiger partial charge is 0.223 e. The van der Waals surface area contributed by atoms with Gasteiger partial charge in [-0.3, -0.25) is 9.78 Å². The molecule has 3 rings (SSSR count). The Morgan fingerprint density at radius 1 is 1.33 bits per heavy atom. The van der Waals surface area contributed by atoms with Crippen LogP contribution in [0.5, 0.6) is 0 Å². The van der Waals surface area contributed by atoms with E-state index in [9.17, 15) is 4.79 Å². The molecule has 0 saturated carbocycles. The summed E-state index contributed by atoms with van der Waals surface area (Å²) < 4.78 is 0. The van der Waals surface area contributed by atoms with Crippen molar-refractivity contribution in [3.63, 3.8) is 0 Å². The predicted molar refractivity (Wildman–Crippen MR) is 86.2 cm³/mol. The van der Waals surface area contributed by atoms with Crippen molar-refractivity contribution in [2.75, 3.05) is 18.8 Å². The van der Waals surface area contributed by atoms with Crippen molar-refractivity contribution in [1.29, 1.82) is 0 Å². The van der Waals surface area contributed by atoms with Crippen LogP contribution < -0.4 is 5.32 Å². The first-order valence-electron chi connectivity index (χ1n) is 7.83. The molecule has 114 valence electrons. The van der Waals surface area contributed by atoms with Gasteiger partial charge in [0, 0.05) is 49.3 Å². The van der Waals surface area contributed by atoms with Crippen molar-refractivity contribution < 1.29 is 4.79 Å². The Kier molecular flexibility index (Phi) is 5.14. The summed E-state index contributed by atoms with van der Waals surface area (Å²) in [5.41, 5.74) is 1.09. The third kappa shape index (κ3) is 4.20. The Bertz CT molecular complexity index is 468. The molecule has 2 aliphatic rings. The lowest BCUT2D eigenvalue weighted by Gasteiger charge is -2.24. The summed E-state index contributed by atoms with van der Waals surface area (Å²) in [4.78, 5) is 18.7. The number of hydrogen-bond acceptors (Lipinski definition) is 4. The maximum absolute atomic E-state index is 12.3. The molecule has 3 heterocycles. The zero-order valence-electron chi connectivity index (χ0n) is 12.3. The summed E-state index contributed by atoms with van der Waals surface area (Å²) in [7, 11) is 0. The number of aromatic nitrogens is 1. The first-order chi connectivity index (χ1) is 10.3. The molecule has 1 amide bonds. The summed E-state index contributed by atoms with van der Waals surface area (Å²) in [6, 6.07) is 7.15. The van der Waals surface area contributed by atoms with Crippen molar-refractivity contribution in [3.05, 3.63) is 30.1 Å². The molecule has 2 unspecified atom stereocenters. The van der Waals surface area contributed by atoms with Crippen LogP contribution in [0.15, 0.2) is 24.4 Å². The van der Waals surface area contributed by atoms with Gasteiger partial charge in [0.25, 0.3) is 0 Å². The first kappa shape index (κ1) is 14.9. The van der Waals surface area contributed by atoms with E-state index < -0.39 is 0 Å². The molecule has 5 heteroatoms. The number of fused-ring (bicyclic) bond motifs is 2. The minimum atomic E-state index is 0.317. The number of pyridine rings is 1. The molecular formula is C16H23N3OS. The van der Waals surface area contributed by atoms with Crippen LogP contribution >= 0.6 is 11.8 Å². The molecule has 0 aromatic carbocycles. The average Bonchev–Trinajstić information content (AvgIpc) is 2.84. The van der Waals surface area contributed by atoms with Crippen molar-refractivity contribution in [1.82, 2.24) is 15.2 Å². The Morgan fingerprint density at radius 3 is 3.10 bits per heavy atom. The predicted octanol–water partition coefficient (Wildman–Crippen LogP) is 2.06. The van der Waals surface area contributed by atoms with Gasteiger partial charge in [-0.1, -0.05) is 6.07 Å². The number of likely N-dealkylation sites (tertiary alicyclic amines) is 1.